The van der Waals surface area contributed by atoms with Gasteiger partial charge in [-0.05, 0) is 36.9 Å². The van der Waals surface area contributed by atoms with Crippen LogP contribution in [0.1, 0.15) is 41.1 Å². The lowest BCUT2D eigenvalue weighted by Crippen LogP contribution is -2.47. The van der Waals surface area contributed by atoms with E-state index in [2.05, 4.69) is 5.32 Å². The molecule has 3 amide bonds. The maximum Gasteiger partial charge on any atom is 0.254 e. The second-order valence-electron chi connectivity index (χ2n) is 8.51. The van der Waals surface area contributed by atoms with Crippen LogP contribution in [0.15, 0.2) is 41.8 Å². The lowest BCUT2D eigenvalue weighted by Gasteiger charge is -2.30. The van der Waals surface area contributed by atoms with Gasteiger partial charge in [0.15, 0.2) is 0 Å². The van der Waals surface area contributed by atoms with Crippen molar-refractivity contribution in [3.05, 3.63) is 57.8 Å². The Labute approximate surface area is 193 Å². The van der Waals surface area contributed by atoms with E-state index in [0.717, 1.165) is 10.4 Å². The summed E-state index contributed by atoms with van der Waals surface area (Å²) >= 11 is 1.60. The first kappa shape index (κ1) is 23.9. The van der Waals surface area contributed by atoms with E-state index < -0.39 is 6.04 Å². The quantitative estimate of drug-likeness (QED) is 0.638. The summed E-state index contributed by atoms with van der Waals surface area (Å²) in [7, 11) is 0. The predicted octanol–water partition coefficient (Wildman–Crippen LogP) is 2.40. The van der Waals surface area contributed by atoms with Crippen molar-refractivity contribution >= 4 is 29.1 Å². The van der Waals surface area contributed by atoms with Crippen molar-refractivity contribution in [1.82, 2.24) is 15.1 Å². The molecule has 0 saturated carbocycles. The molecule has 2 aromatic rings. The molecule has 7 nitrogen and oxygen atoms in total. The Bertz CT molecular complexity index is 927. The molecule has 3 rings (SSSR count). The van der Waals surface area contributed by atoms with Crippen LogP contribution in [0.5, 0.6) is 0 Å². The van der Waals surface area contributed by atoms with Crippen molar-refractivity contribution in [3.63, 3.8) is 0 Å². The molecule has 32 heavy (non-hydrogen) atoms. The van der Waals surface area contributed by atoms with Gasteiger partial charge in [-0.25, -0.2) is 0 Å². The second-order valence-corrected chi connectivity index (χ2v) is 9.54. The van der Waals surface area contributed by atoms with Gasteiger partial charge in [0.25, 0.3) is 5.91 Å². The second kappa shape index (κ2) is 10.7. The van der Waals surface area contributed by atoms with Gasteiger partial charge in [-0.1, -0.05) is 37.6 Å². The smallest absolute Gasteiger partial charge is 0.254 e. The van der Waals surface area contributed by atoms with Crippen LogP contribution in [0.2, 0.25) is 0 Å². The molecule has 2 heterocycles. The molecule has 0 spiro atoms. The average molecular weight is 457 g/mol. The lowest BCUT2D eigenvalue weighted by molar-refractivity contribution is -0.137. The third-order valence-electron chi connectivity index (χ3n) is 5.71. The Hall–Kier alpha value is -2.71. The summed E-state index contributed by atoms with van der Waals surface area (Å²) in [6, 6.07) is 10.4. The van der Waals surface area contributed by atoms with Gasteiger partial charge in [-0.3, -0.25) is 14.4 Å². The number of likely N-dealkylation sites (tertiary alicyclic amines) is 1. The van der Waals surface area contributed by atoms with Crippen LogP contribution in [0.4, 0.5) is 0 Å². The largest absolute Gasteiger partial charge is 0.353 e. The van der Waals surface area contributed by atoms with E-state index in [1.165, 1.54) is 0 Å². The van der Waals surface area contributed by atoms with Crippen molar-refractivity contribution in [2.24, 2.45) is 11.7 Å². The van der Waals surface area contributed by atoms with Gasteiger partial charge in [0.1, 0.15) is 6.04 Å². The third-order valence-corrected chi connectivity index (χ3v) is 6.57. The van der Waals surface area contributed by atoms with Crippen LogP contribution in [-0.4, -0.2) is 59.2 Å². The van der Waals surface area contributed by atoms with Gasteiger partial charge in [0.2, 0.25) is 11.8 Å². The zero-order valence-corrected chi connectivity index (χ0v) is 19.7. The first-order valence-electron chi connectivity index (χ1n) is 11.0. The number of benzene rings is 1. The Morgan fingerprint density at radius 2 is 1.94 bits per heavy atom. The summed E-state index contributed by atoms with van der Waals surface area (Å²) in [6.45, 7) is 7.17. The topological polar surface area (TPSA) is 95.7 Å². The molecule has 1 fully saturated rings. The highest BCUT2D eigenvalue weighted by atomic mass is 32.1. The minimum Gasteiger partial charge on any atom is -0.353 e. The van der Waals surface area contributed by atoms with Crippen molar-refractivity contribution in [1.29, 1.82) is 0 Å². The van der Waals surface area contributed by atoms with Crippen LogP contribution in [0.3, 0.4) is 0 Å². The molecular weight excluding hydrogens is 424 g/mol. The molecular formula is C24H32N4O3S. The summed E-state index contributed by atoms with van der Waals surface area (Å²) in [5.41, 5.74) is 7.15. The minimum absolute atomic E-state index is 0.0224. The van der Waals surface area contributed by atoms with Crippen molar-refractivity contribution in [2.45, 2.75) is 45.8 Å². The maximum atomic E-state index is 13.4. The highest BCUT2D eigenvalue weighted by Crippen LogP contribution is 2.28. The molecule has 1 aromatic carbocycles. The van der Waals surface area contributed by atoms with Gasteiger partial charge in [0.05, 0.1) is 12.6 Å². The molecule has 0 radical (unpaired) electrons. The minimum atomic E-state index is -0.647. The normalized spacial score (nSPS) is 18.1. The Morgan fingerprint density at radius 3 is 2.53 bits per heavy atom. The number of thiophene rings is 1. The van der Waals surface area contributed by atoms with Crippen molar-refractivity contribution < 1.29 is 14.4 Å². The molecule has 0 aliphatic carbocycles. The number of nitrogens with zero attached hydrogens (tertiary/aromatic N) is 2. The Morgan fingerprint density at radius 1 is 1.22 bits per heavy atom. The molecule has 1 aromatic heterocycles. The van der Waals surface area contributed by atoms with Gasteiger partial charge in [0, 0.05) is 36.0 Å². The Kier molecular flexibility index (Phi) is 8.04. The molecule has 2 unspecified atom stereocenters. The number of carbonyl (C=O) groups excluding carboxylic acids is 3. The van der Waals surface area contributed by atoms with E-state index in [-0.39, 0.29) is 29.7 Å². The third kappa shape index (κ3) is 5.55. The molecule has 1 saturated heterocycles. The summed E-state index contributed by atoms with van der Waals surface area (Å²) in [6.07, 6.45) is 0.401. The van der Waals surface area contributed by atoms with E-state index in [9.17, 15) is 14.4 Å². The fourth-order valence-electron chi connectivity index (χ4n) is 3.98. The van der Waals surface area contributed by atoms with Crippen molar-refractivity contribution in [3.8, 4) is 0 Å². The predicted molar refractivity (Wildman–Crippen MR) is 126 cm³/mol. The van der Waals surface area contributed by atoms with Crippen LogP contribution in [0, 0.1) is 12.8 Å². The number of nitrogens with one attached hydrogen (secondary N) is 1. The van der Waals surface area contributed by atoms with E-state index in [4.69, 9.17) is 5.73 Å². The SMILES string of the molecule is Cc1ccc(C(=O)N2CC(N(Cc3cccs3)C(=O)C(C)C)CC2C(=O)NCCN)cc1. The number of rotatable bonds is 8. The first-order chi connectivity index (χ1) is 15.3. The monoisotopic (exact) mass is 456 g/mol. The van der Waals surface area contributed by atoms with E-state index >= 15 is 0 Å². The van der Waals surface area contributed by atoms with Crippen molar-refractivity contribution in [2.75, 3.05) is 19.6 Å². The summed E-state index contributed by atoms with van der Waals surface area (Å²) in [5.74, 6) is -0.588. The number of nitrogens with two attached hydrogens (primary N) is 1. The highest BCUT2D eigenvalue weighted by Gasteiger charge is 2.43. The molecule has 8 heteroatoms. The zero-order valence-electron chi connectivity index (χ0n) is 18.9. The van der Waals surface area contributed by atoms with Crippen LogP contribution >= 0.6 is 11.3 Å². The van der Waals surface area contributed by atoms with Crippen LogP contribution in [-0.2, 0) is 16.1 Å². The average Bonchev–Trinajstić information content (AvgIpc) is 3.45. The molecule has 0 bridgehead atoms. The fraction of sp³-hybridized carbons (Fsp3) is 0.458. The zero-order chi connectivity index (χ0) is 23.3. The van der Waals surface area contributed by atoms with Gasteiger partial charge >= 0.3 is 0 Å². The van der Waals surface area contributed by atoms with Gasteiger partial charge < -0.3 is 20.9 Å². The number of aryl methyl sites for hydroxylation is 1. The summed E-state index contributed by atoms with van der Waals surface area (Å²) in [5, 5.41) is 4.80. The first-order valence-corrected chi connectivity index (χ1v) is 11.9. The highest BCUT2D eigenvalue weighted by molar-refractivity contribution is 7.09. The molecule has 1 aliphatic rings. The van der Waals surface area contributed by atoms with Gasteiger partial charge in [-0.15, -0.1) is 11.3 Å². The Balaban J connectivity index is 1.88. The number of amides is 3. The lowest BCUT2D eigenvalue weighted by atomic mass is 10.1. The van der Waals surface area contributed by atoms with E-state index in [1.54, 1.807) is 28.4 Å². The van der Waals surface area contributed by atoms with Gasteiger partial charge in [-0.2, -0.15) is 0 Å². The molecule has 2 atom stereocenters. The molecule has 3 N–H and O–H groups in total. The van der Waals surface area contributed by atoms with E-state index in [0.29, 0.717) is 38.2 Å². The molecule has 172 valence electrons. The number of carbonyl (C=O) groups is 3. The summed E-state index contributed by atoms with van der Waals surface area (Å²) < 4.78 is 0. The number of hydrogen-bond acceptors (Lipinski definition) is 5. The van der Waals surface area contributed by atoms with Crippen LogP contribution in [0.25, 0.3) is 0 Å². The maximum absolute atomic E-state index is 13.4. The standard InChI is InChI=1S/C24H32N4O3S/c1-16(2)23(30)27(15-20-5-4-12-32-20)19-13-21(22(29)26-11-10-25)28(14-19)24(31)18-8-6-17(3)7-9-18/h4-9,12,16,19,21H,10-11,13-15,25H2,1-3H3,(H,26,29). The molecule has 1 aliphatic heterocycles. The summed E-state index contributed by atoms with van der Waals surface area (Å²) in [4.78, 5) is 43.9. The van der Waals surface area contributed by atoms with Crippen LogP contribution < -0.4 is 11.1 Å². The van der Waals surface area contributed by atoms with E-state index in [1.807, 2.05) is 55.3 Å². The fourth-order valence-corrected chi connectivity index (χ4v) is 4.68. The number of hydrogen-bond donors (Lipinski definition) is 2.